The number of pyridine rings is 1. The van der Waals surface area contributed by atoms with Gasteiger partial charge in [-0.15, -0.1) is 0 Å². The first-order chi connectivity index (χ1) is 6.67. The molecular weight excluding hydrogens is 204 g/mol. The molecule has 2 heterocycles. The summed E-state index contributed by atoms with van der Waals surface area (Å²) in [6.07, 6.45) is 2.14. The van der Waals surface area contributed by atoms with Crippen molar-refractivity contribution in [1.82, 2.24) is 4.98 Å². The Morgan fingerprint density at radius 1 is 1.71 bits per heavy atom. The summed E-state index contributed by atoms with van der Waals surface area (Å²) < 4.78 is 5.37. The summed E-state index contributed by atoms with van der Waals surface area (Å²) in [6.45, 7) is 0.333. The Hall–Kier alpha value is -0.840. The SMILES string of the molecule is N[C@]1(CO)CCOc2c1ccnc2Cl. The van der Waals surface area contributed by atoms with Gasteiger partial charge in [0.1, 0.15) is 0 Å². The molecule has 1 aromatic rings. The van der Waals surface area contributed by atoms with Crippen LogP contribution in [0.15, 0.2) is 12.3 Å². The number of hydrogen-bond donors (Lipinski definition) is 2. The molecule has 0 saturated carbocycles. The highest BCUT2D eigenvalue weighted by atomic mass is 35.5. The molecule has 0 aliphatic carbocycles. The van der Waals surface area contributed by atoms with Crippen molar-refractivity contribution in [2.24, 2.45) is 5.73 Å². The molecule has 5 heteroatoms. The summed E-state index contributed by atoms with van der Waals surface area (Å²) in [5.74, 6) is 0.497. The zero-order chi connectivity index (χ0) is 10.2. The van der Waals surface area contributed by atoms with E-state index < -0.39 is 5.54 Å². The Morgan fingerprint density at radius 3 is 3.21 bits per heavy atom. The minimum absolute atomic E-state index is 0.121. The molecule has 4 nitrogen and oxygen atoms in total. The lowest BCUT2D eigenvalue weighted by atomic mass is 9.87. The van der Waals surface area contributed by atoms with E-state index in [1.165, 1.54) is 0 Å². The van der Waals surface area contributed by atoms with E-state index in [9.17, 15) is 5.11 Å². The van der Waals surface area contributed by atoms with Crippen molar-refractivity contribution in [1.29, 1.82) is 0 Å². The van der Waals surface area contributed by atoms with Crippen molar-refractivity contribution in [3.8, 4) is 5.75 Å². The van der Waals surface area contributed by atoms with Crippen LogP contribution in [0.1, 0.15) is 12.0 Å². The topological polar surface area (TPSA) is 68.4 Å². The van der Waals surface area contributed by atoms with Crippen LogP contribution in [0.5, 0.6) is 5.75 Å². The Balaban J connectivity index is 2.55. The van der Waals surface area contributed by atoms with Crippen LogP contribution in [0.2, 0.25) is 5.15 Å². The average Bonchev–Trinajstić information content (AvgIpc) is 2.20. The lowest BCUT2D eigenvalue weighted by Crippen LogP contribution is -2.44. The maximum atomic E-state index is 9.24. The van der Waals surface area contributed by atoms with Crippen molar-refractivity contribution in [3.63, 3.8) is 0 Å². The van der Waals surface area contributed by atoms with Gasteiger partial charge in [0.2, 0.25) is 0 Å². The summed E-state index contributed by atoms with van der Waals surface area (Å²) in [4.78, 5) is 3.90. The zero-order valence-corrected chi connectivity index (χ0v) is 8.29. The predicted molar refractivity (Wildman–Crippen MR) is 52.3 cm³/mol. The van der Waals surface area contributed by atoms with E-state index in [4.69, 9.17) is 22.1 Å². The van der Waals surface area contributed by atoms with Gasteiger partial charge in [-0.1, -0.05) is 11.6 Å². The van der Waals surface area contributed by atoms with Gasteiger partial charge in [-0.05, 0) is 6.07 Å². The number of rotatable bonds is 1. The van der Waals surface area contributed by atoms with Crippen LogP contribution in [-0.4, -0.2) is 23.3 Å². The van der Waals surface area contributed by atoms with E-state index in [1.54, 1.807) is 12.3 Å². The van der Waals surface area contributed by atoms with E-state index in [2.05, 4.69) is 4.98 Å². The fourth-order valence-corrected chi connectivity index (χ4v) is 1.80. The van der Waals surface area contributed by atoms with Gasteiger partial charge in [0.25, 0.3) is 0 Å². The third-order valence-corrected chi connectivity index (χ3v) is 2.74. The predicted octanol–water partition coefficient (Wildman–Crippen LogP) is 0.664. The summed E-state index contributed by atoms with van der Waals surface area (Å²) in [6, 6.07) is 1.73. The van der Waals surface area contributed by atoms with Crippen LogP contribution < -0.4 is 10.5 Å². The van der Waals surface area contributed by atoms with Crippen molar-refractivity contribution in [3.05, 3.63) is 23.0 Å². The van der Waals surface area contributed by atoms with Crippen molar-refractivity contribution >= 4 is 11.6 Å². The van der Waals surface area contributed by atoms with Crippen LogP contribution in [0.3, 0.4) is 0 Å². The largest absolute Gasteiger partial charge is 0.490 e. The van der Waals surface area contributed by atoms with Gasteiger partial charge in [-0.2, -0.15) is 0 Å². The molecule has 0 saturated heterocycles. The molecule has 0 bridgehead atoms. The molecule has 76 valence electrons. The third-order valence-electron chi connectivity index (χ3n) is 2.47. The molecule has 0 spiro atoms. The van der Waals surface area contributed by atoms with Crippen LogP contribution >= 0.6 is 11.6 Å². The number of aromatic nitrogens is 1. The molecular formula is C9H11ClN2O2. The lowest BCUT2D eigenvalue weighted by molar-refractivity contribution is 0.138. The molecule has 1 aliphatic heterocycles. The van der Waals surface area contributed by atoms with Gasteiger partial charge in [-0.25, -0.2) is 4.98 Å². The minimum atomic E-state index is -0.750. The number of ether oxygens (including phenoxy) is 1. The maximum Gasteiger partial charge on any atom is 0.171 e. The molecule has 2 rings (SSSR count). The summed E-state index contributed by atoms with van der Waals surface area (Å²) in [7, 11) is 0. The lowest BCUT2D eigenvalue weighted by Gasteiger charge is -2.33. The fourth-order valence-electron chi connectivity index (χ4n) is 1.59. The second-order valence-electron chi connectivity index (χ2n) is 3.39. The first-order valence-electron chi connectivity index (χ1n) is 4.35. The number of nitrogens with zero attached hydrogens (tertiary/aromatic N) is 1. The normalized spacial score (nSPS) is 25.4. The van der Waals surface area contributed by atoms with Crippen LogP contribution in [0.25, 0.3) is 0 Å². The number of halogens is 1. The number of aliphatic hydroxyl groups excluding tert-OH is 1. The summed E-state index contributed by atoms with van der Waals surface area (Å²) in [5.41, 5.74) is 6.00. The van der Waals surface area contributed by atoms with E-state index in [0.29, 0.717) is 23.9 Å². The van der Waals surface area contributed by atoms with E-state index >= 15 is 0 Å². The van der Waals surface area contributed by atoms with Crippen molar-refractivity contribution in [2.45, 2.75) is 12.0 Å². The Labute approximate surface area is 86.7 Å². The van der Waals surface area contributed by atoms with Crippen LogP contribution in [0.4, 0.5) is 0 Å². The van der Waals surface area contributed by atoms with Crippen molar-refractivity contribution < 1.29 is 9.84 Å². The smallest absolute Gasteiger partial charge is 0.171 e. The fraction of sp³-hybridized carbons (Fsp3) is 0.444. The van der Waals surface area contributed by atoms with Gasteiger partial charge in [0.05, 0.1) is 18.8 Å². The first-order valence-corrected chi connectivity index (χ1v) is 4.73. The minimum Gasteiger partial charge on any atom is -0.490 e. The van der Waals surface area contributed by atoms with Gasteiger partial charge in [0.15, 0.2) is 10.9 Å². The number of nitrogens with two attached hydrogens (primary N) is 1. The second-order valence-corrected chi connectivity index (χ2v) is 3.75. The molecule has 14 heavy (non-hydrogen) atoms. The number of aliphatic hydroxyl groups is 1. The van der Waals surface area contributed by atoms with E-state index in [0.717, 1.165) is 5.56 Å². The highest BCUT2D eigenvalue weighted by Crippen LogP contribution is 2.38. The molecule has 0 fully saturated rings. The van der Waals surface area contributed by atoms with Gasteiger partial charge < -0.3 is 15.6 Å². The molecule has 0 amide bonds. The third kappa shape index (κ3) is 1.35. The van der Waals surface area contributed by atoms with Gasteiger partial charge in [-0.3, -0.25) is 0 Å². The average molecular weight is 215 g/mol. The molecule has 1 atom stereocenters. The van der Waals surface area contributed by atoms with Crippen LogP contribution in [0, 0.1) is 0 Å². The number of fused-ring (bicyclic) bond motifs is 1. The highest BCUT2D eigenvalue weighted by molar-refractivity contribution is 6.31. The maximum absolute atomic E-state index is 9.24. The molecule has 1 aliphatic rings. The van der Waals surface area contributed by atoms with Gasteiger partial charge >= 0.3 is 0 Å². The zero-order valence-electron chi connectivity index (χ0n) is 7.53. The van der Waals surface area contributed by atoms with E-state index in [1.807, 2.05) is 0 Å². The molecule has 0 unspecified atom stereocenters. The Morgan fingerprint density at radius 2 is 2.50 bits per heavy atom. The Bertz CT molecular complexity index is 359. The quantitative estimate of drug-likeness (QED) is 0.674. The molecule has 1 aromatic heterocycles. The second kappa shape index (κ2) is 3.38. The monoisotopic (exact) mass is 214 g/mol. The molecule has 3 N–H and O–H groups in total. The van der Waals surface area contributed by atoms with Gasteiger partial charge in [0, 0.05) is 18.2 Å². The Kier molecular flexibility index (Phi) is 2.34. The first kappa shape index (κ1) is 9.71. The number of hydrogen-bond acceptors (Lipinski definition) is 4. The standard InChI is InChI=1S/C9H11ClN2O2/c10-8-7-6(1-3-12-8)9(11,5-13)2-4-14-7/h1,3,13H,2,4-5,11H2/t9-/m0/s1. The summed E-state index contributed by atoms with van der Waals surface area (Å²) >= 11 is 5.85. The molecule has 0 aromatic carbocycles. The van der Waals surface area contributed by atoms with Crippen LogP contribution in [-0.2, 0) is 5.54 Å². The van der Waals surface area contributed by atoms with Crippen molar-refractivity contribution in [2.75, 3.05) is 13.2 Å². The summed E-state index contributed by atoms with van der Waals surface area (Å²) in [5, 5.41) is 9.54. The molecule has 0 radical (unpaired) electrons. The van der Waals surface area contributed by atoms with E-state index in [-0.39, 0.29) is 6.61 Å². The highest BCUT2D eigenvalue weighted by Gasteiger charge is 2.34.